The predicted octanol–water partition coefficient (Wildman–Crippen LogP) is 3.91. The molecule has 0 fully saturated rings. The maximum absolute atomic E-state index is 12.5. The van der Waals surface area contributed by atoms with Crippen LogP contribution in [0.3, 0.4) is 0 Å². The van der Waals surface area contributed by atoms with Crippen LogP contribution in [0.15, 0.2) is 39.7 Å². The summed E-state index contributed by atoms with van der Waals surface area (Å²) in [6, 6.07) is 6.63. The van der Waals surface area contributed by atoms with Crippen molar-refractivity contribution < 1.29 is 28.2 Å². The summed E-state index contributed by atoms with van der Waals surface area (Å²) in [6.07, 6.45) is 1.22. The van der Waals surface area contributed by atoms with Gasteiger partial charge in [-0.05, 0) is 18.2 Å². The van der Waals surface area contributed by atoms with Gasteiger partial charge in [0.15, 0.2) is 11.5 Å². The van der Waals surface area contributed by atoms with E-state index >= 15 is 0 Å². The third kappa shape index (κ3) is 2.98. The lowest BCUT2D eigenvalue weighted by Crippen LogP contribution is -2.22. The monoisotopic (exact) mass is 416 g/mol. The van der Waals surface area contributed by atoms with E-state index in [0.29, 0.717) is 45.1 Å². The maximum Gasteiger partial charge on any atom is 0.312 e. The molecule has 1 atom stereocenters. The minimum Gasteiger partial charge on any atom is -0.493 e. The molecule has 2 heterocycles. The zero-order valence-corrected chi connectivity index (χ0v) is 16.7. The fourth-order valence-electron chi connectivity index (χ4n) is 3.70. The summed E-state index contributed by atoms with van der Waals surface area (Å²) < 4.78 is 27.5. The normalized spacial score (nSPS) is 15.6. The third-order valence-electron chi connectivity index (χ3n) is 4.95. The molecule has 0 spiro atoms. The summed E-state index contributed by atoms with van der Waals surface area (Å²) in [4.78, 5) is 24.8. The van der Waals surface area contributed by atoms with Crippen molar-refractivity contribution in [2.45, 2.75) is 12.3 Å². The average Bonchev–Trinajstić information content (AvgIpc) is 2.73. The van der Waals surface area contributed by atoms with Gasteiger partial charge < -0.3 is 23.4 Å². The second-order valence-corrected chi connectivity index (χ2v) is 6.83. The molecule has 0 aliphatic carbocycles. The summed E-state index contributed by atoms with van der Waals surface area (Å²) in [5.41, 5.74) is 1.20. The first-order valence-corrected chi connectivity index (χ1v) is 9.11. The molecule has 0 saturated carbocycles. The number of carbonyl (C=O) groups is 1. The highest BCUT2D eigenvalue weighted by atomic mass is 35.5. The van der Waals surface area contributed by atoms with Crippen LogP contribution in [0, 0.1) is 0 Å². The van der Waals surface area contributed by atoms with Gasteiger partial charge in [0.05, 0.1) is 33.1 Å². The molecule has 3 aromatic rings. The smallest absolute Gasteiger partial charge is 0.312 e. The average molecular weight is 417 g/mol. The lowest BCUT2D eigenvalue weighted by atomic mass is 9.84. The molecule has 0 N–H and O–H groups in total. The van der Waals surface area contributed by atoms with Gasteiger partial charge in [-0.25, -0.2) is 0 Å². The molecule has 29 heavy (non-hydrogen) atoms. The van der Waals surface area contributed by atoms with Gasteiger partial charge in [-0.2, -0.15) is 0 Å². The Bertz CT molecular complexity index is 1180. The number of methoxy groups -OCH3 is 3. The first-order chi connectivity index (χ1) is 14.0. The summed E-state index contributed by atoms with van der Waals surface area (Å²) in [6.45, 7) is 0. The number of carbonyl (C=O) groups excluding carboxylic acids is 1. The van der Waals surface area contributed by atoms with Crippen LogP contribution in [0.1, 0.15) is 23.5 Å². The Morgan fingerprint density at radius 1 is 1.00 bits per heavy atom. The van der Waals surface area contributed by atoms with Crippen molar-refractivity contribution in [1.82, 2.24) is 0 Å². The van der Waals surface area contributed by atoms with Crippen LogP contribution >= 0.6 is 11.6 Å². The molecule has 1 aromatic heterocycles. The Labute approximate surface area is 170 Å². The van der Waals surface area contributed by atoms with E-state index in [4.69, 9.17) is 35.0 Å². The highest BCUT2D eigenvalue weighted by Crippen LogP contribution is 2.49. The van der Waals surface area contributed by atoms with Crippen LogP contribution in [-0.4, -0.2) is 27.3 Å². The first-order valence-electron chi connectivity index (χ1n) is 8.73. The molecule has 8 heteroatoms. The van der Waals surface area contributed by atoms with Gasteiger partial charge in [0.25, 0.3) is 0 Å². The SMILES string of the molecule is COc1ccc([C@@H]2CC(=O)Oc3ccc4c(=O)c(Cl)coc4c32)c(OC)c1OC. The van der Waals surface area contributed by atoms with E-state index in [2.05, 4.69) is 0 Å². The number of fused-ring (bicyclic) bond motifs is 3. The van der Waals surface area contributed by atoms with Crippen LogP contribution in [0.5, 0.6) is 23.0 Å². The Morgan fingerprint density at radius 3 is 2.45 bits per heavy atom. The largest absolute Gasteiger partial charge is 0.493 e. The minimum absolute atomic E-state index is 0.0227. The van der Waals surface area contributed by atoms with E-state index in [-0.39, 0.29) is 16.9 Å². The third-order valence-corrected chi connectivity index (χ3v) is 5.21. The number of esters is 1. The molecule has 0 radical (unpaired) electrons. The zero-order chi connectivity index (χ0) is 20.7. The molecular formula is C21H17ClO7. The van der Waals surface area contributed by atoms with Crippen molar-refractivity contribution in [3.05, 3.63) is 56.9 Å². The number of benzene rings is 2. The second-order valence-electron chi connectivity index (χ2n) is 6.42. The second kappa shape index (κ2) is 7.33. The van der Waals surface area contributed by atoms with Gasteiger partial charge in [-0.15, -0.1) is 0 Å². The Morgan fingerprint density at radius 2 is 1.76 bits per heavy atom. The Hall–Kier alpha value is -3.19. The van der Waals surface area contributed by atoms with Crippen molar-refractivity contribution >= 4 is 28.5 Å². The lowest BCUT2D eigenvalue weighted by molar-refractivity contribution is -0.135. The fourth-order valence-corrected chi connectivity index (χ4v) is 3.84. The van der Waals surface area contributed by atoms with Crippen molar-refractivity contribution in [3.8, 4) is 23.0 Å². The predicted molar refractivity (Wildman–Crippen MR) is 106 cm³/mol. The van der Waals surface area contributed by atoms with Crippen LogP contribution in [0.2, 0.25) is 5.02 Å². The molecule has 1 aliphatic heterocycles. The molecule has 4 rings (SSSR count). The standard InChI is InChI=1S/C21H17ClO7/c1-25-15-7-4-10(20(26-2)21(15)27-3)12-8-16(23)29-14-6-5-11-18(24)13(22)9-28-19(11)17(12)14/h4-7,9,12H,8H2,1-3H3/t12-/m0/s1. The van der Waals surface area contributed by atoms with Crippen LogP contribution in [-0.2, 0) is 4.79 Å². The van der Waals surface area contributed by atoms with Gasteiger partial charge in [0, 0.05) is 17.0 Å². The highest BCUT2D eigenvalue weighted by Gasteiger charge is 2.35. The van der Waals surface area contributed by atoms with Crippen LogP contribution in [0.4, 0.5) is 0 Å². The number of rotatable bonds is 4. The summed E-state index contributed by atoms with van der Waals surface area (Å²) in [7, 11) is 4.53. The fraction of sp³-hybridized carbons (Fsp3) is 0.238. The summed E-state index contributed by atoms with van der Waals surface area (Å²) in [5, 5.41) is 0.282. The molecule has 150 valence electrons. The number of ether oxygens (including phenoxy) is 4. The number of halogens is 1. The van der Waals surface area contributed by atoms with Crippen LogP contribution < -0.4 is 24.4 Å². The topological polar surface area (TPSA) is 84.2 Å². The van der Waals surface area contributed by atoms with Crippen molar-refractivity contribution in [3.63, 3.8) is 0 Å². The molecule has 7 nitrogen and oxygen atoms in total. The quantitative estimate of drug-likeness (QED) is 0.471. The molecule has 0 unspecified atom stereocenters. The van der Waals surface area contributed by atoms with Crippen molar-refractivity contribution in [1.29, 1.82) is 0 Å². The summed E-state index contributed by atoms with van der Waals surface area (Å²) in [5.74, 6) is 0.733. The van der Waals surface area contributed by atoms with Gasteiger partial charge >= 0.3 is 5.97 Å². The number of hydrogen-bond donors (Lipinski definition) is 0. The van der Waals surface area contributed by atoms with E-state index in [0.717, 1.165) is 0 Å². The zero-order valence-electron chi connectivity index (χ0n) is 15.9. The molecule has 2 aromatic carbocycles. The van der Waals surface area contributed by atoms with E-state index in [9.17, 15) is 9.59 Å². The number of hydrogen-bond acceptors (Lipinski definition) is 7. The Kier molecular flexibility index (Phi) is 4.84. The molecule has 0 bridgehead atoms. The van der Waals surface area contributed by atoms with Gasteiger partial charge in [-0.3, -0.25) is 9.59 Å². The van der Waals surface area contributed by atoms with Crippen molar-refractivity contribution in [2.75, 3.05) is 21.3 Å². The van der Waals surface area contributed by atoms with E-state index in [1.54, 1.807) is 18.2 Å². The van der Waals surface area contributed by atoms with E-state index < -0.39 is 11.9 Å². The van der Waals surface area contributed by atoms with Gasteiger partial charge in [0.2, 0.25) is 11.2 Å². The molecular weight excluding hydrogens is 400 g/mol. The molecule has 0 amide bonds. The maximum atomic E-state index is 12.5. The van der Waals surface area contributed by atoms with E-state index in [1.807, 2.05) is 0 Å². The van der Waals surface area contributed by atoms with Gasteiger partial charge in [-0.1, -0.05) is 17.7 Å². The molecule has 1 aliphatic rings. The lowest BCUT2D eigenvalue weighted by Gasteiger charge is -2.27. The summed E-state index contributed by atoms with van der Waals surface area (Å²) >= 11 is 5.93. The van der Waals surface area contributed by atoms with E-state index in [1.165, 1.54) is 33.7 Å². The molecule has 0 saturated heterocycles. The Balaban J connectivity index is 2.03. The van der Waals surface area contributed by atoms with Crippen molar-refractivity contribution in [2.24, 2.45) is 0 Å². The van der Waals surface area contributed by atoms with Crippen LogP contribution in [0.25, 0.3) is 11.0 Å². The highest BCUT2D eigenvalue weighted by molar-refractivity contribution is 6.30. The first kappa shape index (κ1) is 19.1. The van der Waals surface area contributed by atoms with Gasteiger partial charge in [0.1, 0.15) is 22.6 Å². The minimum atomic E-state index is -0.492.